The third kappa shape index (κ3) is 4.50. The van der Waals surface area contributed by atoms with Gasteiger partial charge in [0.1, 0.15) is 11.4 Å². The van der Waals surface area contributed by atoms with E-state index in [0.717, 1.165) is 23.9 Å². The van der Waals surface area contributed by atoms with Crippen LogP contribution in [0.4, 0.5) is 18.9 Å². The van der Waals surface area contributed by atoms with Crippen molar-refractivity contribution in [3.05, 3.63) is 53.8 Å². The number of amides is 1. The van der Waals surface area contributed by atoms with E-state index in [0.29, 0.717) is 23.2 Å². The van der Waals surface area contributed by atoms with Crippen LogP contribution in [0.1, 0.15) is 13.8 Å². The number of thioether (sulfide) groups is 1. The summed E-state index contributed by atoms with van der Waals surface area (Å²) in [7, 11) is 0. The number of anilines is 1. The molecule has 0 fully saturated rings. The summed E-state index contributed by atoms with van der Waals surface area (Å²) >= 11 is 1.01. The molecular weight excluding hydrogens is 407 g/mol. The molecule has 0 bridgehead atoms. The minimum atomic E-state index is -1.65. The first-order valence-corrected chi connectivity index (χ1v) is 9.42. The largest absolute Gasteiger partial charge is 0.492 e. The van der Waals surface area contributed by atoms with Gasteiger partial charge < -0.3 is 10.1 Å². The lowest BCUT2D eigenvalue weighted by Gasteiger charge is -2.14. The summed E-state index contributed by atoms with van der Waals surface area (Å²) in [6, 6.07) is 8.79. The second-order valence-corrected chi connectivity index (χ2v) is 7.05. The smallest absolute Gasteiger partial charge is 0.237 e. The van der Waals surface area contributed by atoms with Crippen molar-refractivity contribution in [2.75, 3.05) is 11.9 Å². The number of nitrogens with one attached hydrogen (secondary N) is 1. The lowest BCUT2D eigenvalue weighted by atomic mass is 10.2. The average molecular weight is 423 g/mol. The first kappa shape index (κ1) is 20.6. The molecule has 0 radical (unpaired) electrons. The second-order valence-electron chi connectivity index (χ2n) is 5.75. The molecule has 1 heterocycles. The number of aromatic nitrogens is 4. The zero-order valence-electron chi connectivity index (χ0n) is 15.4. The topological polar surface area (TPSA) is 81.9 Å². The summed E-state index contributed by atoms with van der Waals surface area (Å²) in [5, 5.41) is 13.2. The zero-order valence-corrected chi connectivity index (χ0v) is 16.2. The van der Waals surface area contributed by atoms with Crippen molar-refractivity contribution in [1.29, 1.82) is 0 Å². The fourth-order valence-corrected chi connectivity index (χ4v) is 3.18. The fraction of sp³-hybridized carbons (Fsp3) is 0.222. The number of halogens is 3. The van der Waals surface area contributed by atoms with E-state index in [1.807, 2.05) is 6.92 Å². The third-order valence-corrected chi connectivity index (χ3v) is 4.81. The van der Waals surface area contributed by atoms with Crippen LogP contribution in [0.5, 0.6) is 5.75 Å². The molecule has 152 valence electrons. The Balaban J connectivity index is 1.77. The van der Waals surface area contributed by atoms with Crippen LogP contribution in [-0.2, 0) is 4.79 Å². The summed E-state index contributed by atoms with van der Waals surface area (Å²) in [6.07, 6.45) is 0. The Morgan fingerprint density at radius 1 is 1.21 bits per heavy atom. The van der Waals surface area contributed by atoms with Gasteiger partial charge in [-0.3, -0.25) is 4.79 Å². The SMILES string of the molecule is CCOc1ccccc1-n1nnnc1SC(C)C(=O)Nc1ccc(F)c(F)c1F. The van der Waals surface area contributed by atoms with Crippen LogP contribution >= 0.6 is 11.8 Å². The molecule has 3 rings (SSSR count). The molecule has 0 saturated heterocycles. The number of carbonyl (C=O) groups is 1. The molecule has 0 saturated carbocycles. The number of para-hydroxylation sites is 2. The Hall–Kier alpha value is -3.08. The van der Waals surface area contributed by atoms with Crippen molar-refractivity contribution in [3.63, 3.8) is 0 Å². The number of ether oxygens (including phenoxy) is 1. The van der Waals surface area contributed by atoms with E-state index in [-0.39, 0.29) is 0 Å². The highest BCUT2D eigenvalue weighted by molar-refractivity contribution is 8.00. The van der Waals surface area contributed by atoms with Crippen LogP contribution in [0.25, 0.3) is 5.69 Å². The molecule has 2 aromatic carbocycles. The normalized spacial score (nSPS) is 11.9. The highest BCUT2D eigenvalue weighted by Crippen LogP contribution is 2.29. The molecule has 1 atom stereocenters. The predicted octanol–water partition coefficient (Wildman–Crippen LogP) is 3.60. The van der Waals surface area contributed by atoms with Crippen molar-refractivity contribution >= 4 is 23.4 Å². The number of benzene rings is 2. The van der Waals surface area contributed by atoms with Crippen LogP contribution in [0.2, 0.25) is 0 Å². The van der Waals surface area contributed by atoms with Crippen LogP contribution in [-0.4, -0.2) is 38.0 Å². The van der Waals surface area contributed by atoms with Gasteiger partial charge in [-0.1, -0.05) is 23.9 Å². The molecule has 0 aliphatic rings. The number of tetrazole rings is 1. The Labute approximate surface area is 168 Å². The molecule has 0 aliphatic heterocycles. The van der Waals surface area contributed by atoms with Gasteiger partial charge in [-0.15, -0.1) is 5.10 Å². The number of carbonyl (C=O) groups excluding carboxylic acids is 1. The molecule has 11 heteroatoms. The Morgan fingerprint density at radius 2 is 1.97 bits per heavy atom. The average Bonchev–Trinajstić information content (AvgIpc) is 3.17. The van der Waals surface area contributed by atoms with Crippen LogP contribution in [0.15, 0.2) is 41.6 Å². The van der Waals surface area contributed by atoms with Gasteiger partial charge in [0.15, 0.2) is 17.5 Å². The van der Waals surface area contributed by atoms with Crippen LogP contribution < -0.4 is 10.1 Å². The van der Waals surface area contributed by atoms with E-state index < -0.39 is 34.3 Å². The molecule has 1 N–H and O–H groups in total. The highest BCUT2D eigenvalue weighted by Gasteiger charge is 2.22. The maximum absolute atomic E-state index is 13.8. The van der Waals surface area contributed by atoms with E-state index in [2.05, 4.69) is 20.8 Å². The number of rotatable bonds is 7. The van der Waals surface area contributed by atoms with E-state index in [1.165, 1.54) is 4.68 Å². The third-order valence-electron chi connectivity index (χ3n) is 3.78. The minimum absolute atomic E-state index is 0.297. The standard InChI is InChI=1S/C18H16F3N5O2S/c1-3-28-14-7-5-4-6-13(14)26-18(23-24-25-26)29-10(2)17(27)22-12-9-8-11(19)15(20)16(12)21/h4-10H,3H2,1-2H3,(H,22,27). The predicted molar refractivity (Wildman–Crippen MR) is 101 cm³/mol. The quantitative estimate of drug-likeness (QED) is 0.462. The van der Waals surface area contributed by atoms with Crippen LogP contribution in [0.3, 0.4) is 0 Å². The minimum Gasteiger partial charge on any atom is -0.492 e. The van der Waals surface area contributed by atoms with Crippen molar-refractivity contribution in [2.24, 2.45) is 0 Å². The monoisotopic (exact) mass is 423 g/mol. The molecule has 7 nitrogen and oxygen atoms in total. The van der Waals surface area contributed by atoms with Gasteiger partial charge in [-0.25, -0.2) is 13.2 Å². The van der Waals surface area contributed by atoms with Gasteiger partial charge in [0.2, 0.25) is 11.1 Å². The summed E-state index contributed by atoms with van der Waals surface area (Å²) in [5.74, 6) is -4.53. The number of hydrogen-bond acceptors (Lipinski definition) is 6. The first-order chi connectivity index (χ1) is 13.9. The zero-order chi connectivity index (χ0) is 21.0. The molecule has 29 heavy (non-hydrogen) atoms. The van der Waals surface area contributed by atoms with Crippen molar-refractivity contribution in [1.82, 2.24) is 20.2 Å². The molecule has 1 amide bonds. The summed E-state index contributed by atoms with van der Waals surface area (Å²) in [4.78, 5) is 12.4. The number of hydrogen-bond donors (Lipinski definition) is 1. The maximum Gasteiger partial charge on any atom is 0.237 e. The van der Waals surface area contributed by atoms with E-state index >= 15 is 0 Å². The molecule has 3 aromatic rings. The van der Waals surface area contributed by atoms with Gasteiger partial charge in [-0.2, -0.15) is 4.68 Å². The van der Waals surface area contributed by atoms with Gasteiger partial charge in [-0.05, 0) is 48.5 Å². The summed E-state index contributed by atoms with van der Waals surface area (Å²) < 4.78 is 47.1. The van der Waals surface area contributed by atoms with Gasteiger partial charge in [0.25, 0.3) is 0 Å². The summed E-state index contributed by atoms with van der Waals surface area (Å²) in [5.41, 5.74) is 0.128. The summed E-state index contributed by atoms with van der Waals surface area (Å²) in [6.45, 7) is 3.83. The van der Waals surface area contributed by atoms with E-state index in [9.17, 15) is 18.0 Å². The van der Waals surface area contributed by atoms with E-state index in [1.54, 1.807) is 31.2 Å². The molecule has 1 aromatic heterocycles. The first-order valence-electron chi connectivity index (χ1n) is 8.54. The van der Waals surface area contributed by atoms with E-state index in [4.69, 9.17) is 4.74 Å². The lowest BCUT2D eigenvalue weighted by Crippen LogP contribution is -2.23. The van der Waals surface area contributed by atoms with Crippen LogP contribution in [0, 0.1) is 17.5 Å². The van der Waals surface area contributed by atoms with Gasteiger partial charge >= 0.3 is 0 Å². The number of nitrogens with zero attached hydrogens (tertiary/aromatic N) is 4. The van der Waals surface area contributed by atoms with Crippen molar-refractivity contribution < 1.29 is 22.7 Å². The molecule has 0 aliphatic carbocycles. The van der Waals surface area contributed by atoms with Gasteiger partial charge in [0, 0.05) is 0 Å². The van der Waals surface area contributed by atoms with Gasteiger partial charge in [0.05, 0.1) is 17.5 Å². The van der Waals surface area contributed by atoms with Crippen molar-refractivity contribution in [3.8, 4) is 11.4 Å². The molecule has 0 spiro atoms. The second kappa shape index (κ2) is 8.95. The maximum atomic E-state index is 13.8. The fourth-order valence-electron chi connectivity index (χ4n) is 2.38. The highest BCUT2D eigenvalue weighted by atomic mass is 32.2. The van der Waals surface area contributed by atoms with Crippen molar-refractivity contribution in [2.45, 2.75) is 24.3 Å². The molecule has 1 unspecified atom stereocenters. The lowest BCUT2D eigenvalue weighted by molar-refractivity contribution is -0.115. The Kier molecular flexibility index (Phi) is 6.37. The molecular formula is C18H16F3N5O2S. The Morgan fingerprint density at radius 3 is 2.72 bits per heavy atom. The Bertz CT molecular complexity index is 1030.